The van der Waals surface area contributed by atoms with Crippen LogP contribution in [0.4, 0.5) is 5.69 Å². The van der Waals surface area contributed by atoms with E-state index in [1.165, 1.54) is 0 Å². The third-order valence-electron chi connectivity index (χ3n) is 4.94. The molecule has 0 aliphatic carbocycles. The zero-order valence-electron chi connectivity index (χ0n) is 18.3. The van der Waals surface area contributed by atoms with Crippen molar-refractivity contribution in [3.05, 3.63) is 41.0 Å². The van der Waals surface area contributed by atoms with Gasteiger partial charge in [0.05, 0.1) is 10.7 Å². The summed E-state index contributed by atoms with van der Waals surface area (Å²) in [6.45, 7) is 9.43. The van der Waals surface area contributed by atoms with E-state index in [9.17, 15) is 0 Å². The van der Waals surface area contributed by atoms with Gasteiger partial charge in [-0.25, -0.2) is 4.99 Å². The minimum Gasteiger partial charge on any atom is -0.371 e. The molecule has 1 aliphatic heterocycles. The van der Waals surface area contributed by atoms with Gasteiger partial charge in [-0.2, -0.15) is 4.98 Å². The molecule has 172 valence electrons. The Morgan fingerprint density at radius 1 is 1.39 bits per heavy atom. The van der Waals surface area contributed by atoms with Crippen LogP contribution < -0.4 is 15.5 Å². The molecule has 1 saturated heterocycles. The summed E-state index contributed by atoms with van der Waals surface area (Å²) >= 11 is 6.39. The molecule has 2 aromatic rings. The van der Waals surface area contributed by atoms with E-state index in [4.69, 9.17) is 20.9 Å². The third kappa shape index (κ3) is 7.50. The van der Waals surface area contributed by atoms with E-state index in [1.807, 2.05) is 39.0 Å². The lowest BCUT2D eigenvalue weighted by Gasteiger charge is -2.35. The maximum Gasteiger partial charge on any atom is 0.248 e. The molecule has 2 heterocycles. The van der Waals surface area contributed by atoms with Crippen LogP contribution in [0.2, 0.25) is 5.02 Å². The highest BCUT2D eigenvalue weighted by Gasteiger charge is 2.22. The van der Waals surface area contributed by atoms with Crippen molar-refractivity contribution in [3.63, 3.8) is 0 Å². The Morgan fingerprint density at radius 3 is 2.94 bits per heavy atom. The lowest BCUT2D eigenvalue weighted by Crippen LogP contribution is -2.51. The van der Waals surface area contributed by atoms with E-state index < -0.39 is 0 Å². The van der Waals surface area contributed by atoms with Gasteiger partial charge in [-0.15, -0.1) is 24.0 Å². The number of para-hydroxylation sites is 1. The number of benzene rings is 1. The zero-order valence-corrected chi connectivity index (χ0v) is 21.4. The molecule has 1 aliphatic rings. The summed E-state index contributed by atoms with van der Waals surface area (Å²) in [4.78, 5) is 11.3. The first-order valence-electron chi connectivity index (χ1n) is 10.6. The van der Waals surface area contributed by atoms with Gasteiger partial charge >= 0.3 is 0 Å². The molecule has 0 amide bonds. The minimum absolute atomic E-state index is 0. The van der Waals surface area contributed by atoms with E-state index in [-0.39, 0.29) is 36.1 Å². The molecule has 31 heavy (non-hydrogen) atoms. The standard InChI is InChI=1S/C21H31ClN6O2.HI/c1-4-23-21(24-13-19-26-20(27-30-19)15(3)29-5-2)25-16-9-8-12-28(14-16)18-11-7-6-10-17(18)22;/h6-7,10-11,15-16H,4-5,8-9,12-14H2,1-3H3,(H2,23,24,25);1H. The van der Waals surface area contributed by atoms with Crippen LogP contribution in [0.15, 0.2) is 33.8 Å². The van der Waals surface area contributed by atoms with Crippen LogP contribution in [-0.4, -0.2) is 48.4 Å². The van der Waals surface area contributed by atoms with Crippen LogP contribution in [0.1, 0.15) is 51.4 Å². The van der Waals surface area contributed by atoms with Crippen molar-refractivity contribution >= 4 is 47.2 Å². The van der Waals surface area contributed by atoms with E-state index >= 15 is 0 Å². The highest BCUT2D eigenvalue weighted by atomic mass is 127. The van der Waals surface area contributed by atoms with Gasteiger partial charge in [0.25, 0.3) is 0 Å². The average Bonchev–Trinajstić information content (AvgIpc) is 3.22. The first-order valence-corrected chi connectivity index (χ1v) is 11.0. The van der Waals surface area contributed by atoms with Gasteiger partial charge in [0, 0.05) is 32.3 Å². The fourth-order valence-corrected chi connectivity index (χ4v) is 3.76. The quantitative estimate of drug-likeness (QED) is 0.284. The van der Waals surface area contributed by atoms with E-state index in [1.54, 1.807) is 0 Å². The van der Waals surface area contributed by atoms with Gasteiger partial charge < -0.3 is 24.8 Å². The first-order chi connectivity index (χ1) is 14.6. The number of hydrogen-bond donors (Lipinski definition) is 2. The number of ether oxygens (including phenoxy) is 1. The minimum atomic E-state index is -0.194. The van der Waals surface area contributed by atoms with E-state index in [0.717, 1.165) is 49.1 Å². The Morgan fingerprint density at radius 2 is 2.19 bits per heavy atom. The van der Waals surface area contributed by atoms with Crippen molar-refractivity contribution in [2.45, 2.75) is 52.3 Å². The van der Waals surface area contributed by atoms with Crippen molar-refractivity contribution in [1.29, 1.82) is 0 Å². The molecule has 10 heteroatoms. The van der Waals surface area contributed by atoms with Gasteiger partial charge in [-0.3, -0.25) is 0 Å². The number of aliphatic imine (C=N–C) groups is 1. The van der Waals surface area contributed by atoms with Gasteiger partial charge in [-0.1, -0.05) is 28.9 Å². The molecule has 1 aromatic carbocycles. The number of aromatic nitrogens is 2. The lowest BCUT2D eigenvalue weighted by molar-refractivity contribution is 0.0683. The third-order valence-corrected chi connectivity index (χ3v) is 5.26. The lowest BCUT2D eigenvalue weighted by atomic mass is 10.0. The molecular weight excluding hydrogens is 531 g/mol. The van der Waals surface area contributed by atoms with Crippen molar-refractivity contribution in [1.82, 2.24) is 20.8 Å². The zero-order chi connectivity index (χ0) is 21.3. The smallest absolute Gasteiger partial charge is 0.248 e. The maximum atomic E-state index is 6.39. The summed E-state index contributed by atoms with van der Waals surface area (Å²) < 4.78 is 10.8. The molecule has 0 radical (unpaired) electrons. The molecule has 3 rings (SSSR count). The predicted molar refractivity (Wildman–Crippen MR) is 134 cm³/mol. The van der Waals surface area contributed by atoms with E-state index in [0.29, 0.717) is 24.9 Å². The summed E-state index contributed by atoms with van der Waals surface area (Å²) in [6, 6.07) is 8.25. The normalized spacial score (nSPS) is 17.7. The van der Waals surface area contributed by atoms with Crippen molar-refractivity contribution < 1.29 is 9.26 Å². The topological polar surface area (TPSA) is 87.8 Å². The molecule has 1 fully saturated rings. The predicted octanol–water partition coefficient (Wildman–Crippen LogP) is 4.16. The second kappa shape index (κ2) is 13.1. The number of piperidine rings is 1. The van der Waals surface area contributed by atoms with Crippen LogP contribution in [0.5, 0.6) is 0 Å². The molecule has 2 atom stereocenters. The SMILES string of the molecule is CCNC(=NCc1nc(C(C)OCC)no1)NC1CCCN(c2ccccc2Cl)C1.I. The highest BCUT2D eigenvalue weighted by Crippen LogP contribution is 2.27. The number of anilines is 1. The van der Waals surface area contributed by atoms with Gasteiger partial charge in [-0.05, 0) is 45.7 Å². The highest BCUT2D eigenvalue weighted by molar-refractivity contribution is 14.0. The van der Waals surface area contributed by atoms with Crippen LogP contribution in [0.3, 0.4) is 0 Å². The molecule has 2 N–H and O–H groups in total. The largest absolute Gasteiger partial charge is 0.371 e. The number of hydrogen-bond acceptors (Lipinski definition) is 6. The number of nitrogens with one attached hydrogen (secondary N) is 2. The van der Waals surface area contributed by atoms with Gasteiger partial charge in [0.15, 0.2) is 11.8 Å². The summed E-state index contributed by atoms with van der Waals surface area (Å²) in [5, 5.41) is 11.6. The number of nitrogens with zero attached hydrogens (tertiary/aromatic N) is 4. The Kier molecular flexibility index (Phi) is 10.8. The van der Waals surface area contributed by atoms with Gasteiger partial charge in [0.1, 0.15) is 12.6 Å². The summed E-state index contributed by atoms with van der Waals surface area (Å²) in [5.74, 6) is 1.75. The monoisotopic (exact) mass is 562 g/mol. The summed E-state index contributed by atoms with van der Waals surface area (Å²) in [7, 11) is 0. The Bertz CT molecular complexity index is 834. The maximum absolute atomic E-state index is 6.39. The van der Waals surface area contributed by atoms with Crippen LogP contribution in [0, 0.1) is 0 Å². The summed E-state index contributed by atoms with van der Waals surface area (Å²) in [6.07, 6.45) is 1.97. The Labute approximate surface area is 206 Å². The Hall–Kier alpha value is -1.59. The number of rotatable bonds is 8. The second-order valence-electron chi connectivity index (χ2n) is 7.22. The van der Waals surface area contributed by atoms with Crippen molar-refractivity contribution in [2.24, 2.45) is 4.99 Å². The first kappa shape index (κ1) is 25.7. The number of halogens is 2. The molecule has 1 aromatic heterocycles. The summed E-state index contributed by atoms with van der Waals surface area (Å²) in [5.41, 5.74) is 1.08. The Balaban J connectivity index is 0.00000341. The molecule has 8 nitrogen and oxygen atoms in total. The van der Waals surface area contributed by atoms with Gasteiger partial charge in [0.2, 0.25) is 5.89 Å². The van der Waals surface area contributed by atoms with Crippen molar-refractivity contribution in [2.75, 3.05) is 31.1 Å². The van der Waals surface area contributed by atoms with E-state index in [2.05, 4.69) is 36.7 Å². The average molecular weight is 563 g/mol. The van der Waals surface area contributed by atoms with Crippen LogP contribution in [-0.2, 0) is 11.3 Å². The molecule has 0 saturated carbocycles. The molecule has 0 spiro atoms. The molecular formula is C21H32ClIN6O2. The molecule has 2 unspecified atom stereocenters. The fraction of sp³-hybridized carbons (Fsp3) is 0.571. The van der Waals surface area contributed by atoms with Crippen molar-refractivity contribution in [3.8, 4) is 0 Å². The van der Waals surface area contributed by atoms with Crippen LogP contribution in [0.25, 0.3) is 0 Å². The molecule has 0 bridgehead atoms. The fourth-order valence-electron chi connectivity index (χ4n) is 3.50. The second-order valence-corrected chi connectivity index (χ2v) is 7.63. The van der Waals surface area contributed by atoms with Crippen LogP contribution >= 0.6 is 35.6 Å². The number of guanidine groups is 1.